The summed E-state index contributed by atoms with van der Waals surface area (Å²) < 4.78 is 0. The molecule has 0 amide bonds. The van der Waals surface area contributed by atoms with Gasteiger partial charge in [-0.25, -0.2) is 0 Å². The van der Waals surface area contributed by atoms with Crippen molar-refractivity contribution in [2.75, 3.05) is 0 Å². The zero-order valence-corrected chi connectivity index (χ0v) is 10.8. The molecule has 0 spiro atoms. The molecule has 0 aliphatic carbocycles. The van der Waals surface area contributed by atoms with E-state index in [4.69, 9.17) is 0 Å². The predicted molar refractivity (Wildman–Crippen MR) is 77.2 cm³/mol. The Balaban J connectivity index is 0.000000686. The number of rotatable bonds is 4. The summed E-state index contributed by atoms with van der Waals surface area (Å²) in [4.78, 5) is 4.44. The van der Waals surface area contributed by atoms with Crippen molar-refractivity contribution in [3.63, 3.8) is 0 Å². The number of hydrogen-bond donors (Lipinski definition) is 0. The third-order valence-corrected chi connectivity index (χ3v) is 2.55. The van der Waals surface area contributed by atoms with E-state index in [1.807, 2.05) is 44.3 Å². The van der Waals surface area contributed by atoms with Gasteiger partial charge < -0.3 is 0 Å². The summed E-state index contributed by atoms with van der Waals surface area (Å²) in [7, 11) is 0. The van der Waals surface area contributed by atoms with Gasteiger partial charge in [0.05, 0.1) is 5.70 Å². The molecule has 0 saturated heterocycles. The molecule has 1 heteroatoms. The molecular formula is C16H21N. The van der Waals surface area contributed by atoms with Crippen LogP contribution in [0.5, 0.6) is 0 Å². The highest BCUT2D eigenvalue weighted by molar-refractivity contribution is 5.83. The maximum absolute atomic E-state index is 4.44. The van der Waals surface area contributed by atoms with Crippen LogP contribution >= 0.6 is 0 Å². The van der Waals surface area contributed by atoms with Crippen LogP contribution in [0.4, 0.5) is 0 Å². The first-order valence-electron chi connectivity index (χ1n) is 6.32. The first kappa shape index (κ1) is 13.4. The Labute approximate surface area is 105 Å². The highest BCUT2D eigenvalue weighted by atomic mass is 14.8. The van der Waals surface area contributed by atoms with Crippen molar-refractivity contribution in [2.45, 2.75) is 26.7 Å². The molecule has 0 aromatic heterocycles. The van der Waals surface area contributed by atoms with Crippen LogP contribution in [0.25, 0.3) is 5.70 Å². The van der Waals surface area contributed by atoms with Crippen LogP contribution in [0.1, 0.15) is 32.3 Å². The fraction of sp³-hybridized carbons (Fsp3) is 0.312. The average Bonchev–Trinajstić information content (AvgIpc) is 2.88. The maximum Gasteiger partial charge on any atom is 0.0664 e. The molecule has 1 nitrogen and oxygen atoms in total. The fourth-order valence-corrected chi connectivity index (χ4v) is 1.71. The van der Waals surface area contributed by atoms with E-state index in [2.05, 4.69) is 29.8 Å². The molecule has 1 aromatic carbocycles. The molecule has 1 aromatic rings. The van der Waals surface area contributed by atoms with Gasteiger partial charge in [-0.15, -0.1) is 6.58 Å². The molecule has 2 rings (SSSR count). The lowest BCUT2D eigenvalue weighted by molar-refractivity contribution is 0.778. The Morgan fingerprint density at radius 3 is 2.59 bits per heavy atom. The van der Waals surface area contributed by atoms with Gasteiger partial charge in [0.2, 0.25) is 0 Å². The van der Waals surface area contributed by atoms with Gasteiger partial charge in [-0.3, -0.25) is 4.99 Å². The standard InChI is InChI=1S/C14H15N.C2H6/c1-2-3-7-12-10-14(15-11-12)13-8-5-4-6-9-13;1-2/h2,4-6,8-12H,1,3,7H2;1-2H3. The molecule has 1 unspecified atom stereocenters. The number of hydrogen-bond acceptors (Lipinski definition) is 1. The Hall–Kier alpha value is -1.63. The third-order valence-electron chi connectivity index (χ3n) is 2.55. The van der Waals surface area contributed by atoms with Crippen LogP contribution in [0.2, 0.25) is 0 Å². The molecular weight excluding hydrogens is 206 g/mol. The number of aliphatic imine (C=N–C) groups is 1. The minimum absolute atomic E-state index is 0.484. The van der Waals surface area contributed by atoms with Crippen molar-refractivity contribution in [1.82, 2.24) is 0 Å². The van der Waals surface area contributed by atoms with Crippen molar-refractivity contribution < 1.29 is 0 Å². The molecule has 0 fully saturated rings. The first-order chi connectivity index (χ1) is 8.40. The molecule has 1 aliphatic rings. The van der Waals surface area contributed by atoms with E-state index in [0.717, 1.165) is 18.5 Å². The largest absolute Gasteiger partial charge is 0.260 e. The second kappa shape index (κ2) is 7.61. The molecule has 0 bridgehead atoms. The van der Waals surface area contributed by atoms with Crippen molar-refractivity contribution in [3.05, 3.63) is 54.6 Å². The summed E-state index contributed by atoms with van der Waals surface area (Å²) in [6.07, 6.45) is 8.39. The minimum Gasteiger partial charge on any atom is -0.260 e. The molecule has 1 heterocycles. The summed E-state index contributed by atoms with van der Waals surface area (Å²) in [5.74, 6) is 0.484. The van der Waals surface area contributed by atoms with E-state index in [-0.39, 0.29) is 0 Å². The zero-order valence-electron chi connectivity index (χ0n) is 10.8. The van der Waals surface area contributed by atoms with E-state index >= 15 is 0 Å². The average molecular weight is 227 g/mol. The topological polar surface area (TPSA) is 12.4 Å². The van der Waals surface area contributed by atoms with Gasteiger partial charge in [-0.05, 0) is 24.5 Å². The Morgan fingerprint density at radius 2 is 1.94 bits per heavy atom. The van der Waals surface area contributed by atoms with Gasteiger partial charge in [0.1, 0.15) is 0 Å². The monoisotopic (exact) mass is 227 g/mol. The number of nitrogens with zero attached hydrogens (tertiary/aromatic N) is 1. The second-order valence-electron chi connectivity index (χ2n) is 3.73. The van der Waals surface area contributed by atoms with Crippen molar-refractivity contribution in [1.29, 1.82) is 0 Å². The summed E-state index contributed by atoms with van der Waals surface area (Å²) in [5.41, 5.74) is 2.31. The van der Waals surface area contributed by atoms with Gasteiger partial charge in [0, 0.05) is 12.1 Å². The molecule has 0 saturated carbocycles. The molecule has 0 radical (unpaired) electrons. The van der Waals surface area contributed by atoms with Crippen molar-refractivity contribution >= 4 is 11.9 Å². The summed E-state index contributed by atoms with van der Waals surface area (Å²) in [6.45, 7) is 7.73. The van der Waals surface area contributed by atoms with Gasteiger partial charge in [-0.1, -0.05) is 50.3 Å². The van der Waals surface area contributed by atoms with Gasteiger partial charge >= 0.3 is 0 Å². The number of allylic oxidation sites excluding steroid dienone is 2. The molecule has 1 atom stereocenters. The zero-order chi connectivity index (χ0) is 12.5. The lowest BCUT2D eigenvalue weighted by atomic mass is 10.0. The van der Waals surface area contributed by atoms with Crippen LogP contribution in [-0.2, 0) is 0 Å². The van der Waals surface area contributed by atoms with Gasteiger partial charge in [0.25, 0.3) is 0 Å². The van der Waals surface area contributed by atoms with Crippen LogP contribution < -0.4 is 0 Å². The van der Waals surface area contributed by atoms with Crippen molar-refractivity contribution in [2.24, 2.45) is 10.9 Å². The van der Waals surface area contributed by atoms with E-state index in [0.29, 0.717) is 5.92 Å². The van der Waals surface area contributed by atoms with Crippen molar-refractivity contribution in [3.8, 4) is 0 Å². The Kier molecular flexibility index (Phi) is 6.02. The quantitative estimate of drug-likeness (QED) is 0.660. The lowest BCUT2D eigenvalue weighted by Gasteiger charge is -1.99. The summed E-state index contributed by atoms with van der Waals surface area (Å²) >= 11 is 0. The highest BCUT2D eigenvalue weighted by Gasteiger charge is 2.10. The Morgan fingerprint density at radius 1 is 1.24 bits per heavy atom. The molecule has 17 heavy (non-hydrogen) atoms. The van der Waals surface area contributed by atoms with Crippen LogP contribution in [0, 0.1) is 5.92 Å². The SMILES string of the molecule is C=CCCC1C=NC(c2ccccc2)=C1.CC. The van der Waals surface area contributed by atoms with E-state index in [1.165, 1.54) is 5.56 Å². The fourth-order valence-electron chi connectivity index (χ4n) is 1.71. The molecule has 90 valence electrons. The minimum atomic E-state index is 0.484. The van der Waals surface area contributed by atoms with Crippen LogP contribution in [0.3, 0.4) is 0 Å². The maximum atomic E-state index is 4.44. The third kappa shape index (κ3) is 4.03. The van der Waals surface area contributed by atoms with Crippen LogP contribution in [0.15, 0.2) is 54.1 Å². The predicted octanol–water partition coefficient (Wildman–Crippen LogP) is 4.72. The molecule has 0 N–H and O–H groups in total. The first-order valence-corrected chi connectivity index (χ1v) is 6.32. The normalized spacial score (nSPS) is 17.1. The molecule has 1 aliphatic heterocycles. The Bertz CT molecular complexity index is 387. The van der Waals surface area contributed by atoms with Gasteiger partial charge in [-0.2, -0.15) is 0 Å². The lowest BCUT2D eigenvalue weighted by Crippen LogP contribution is -1.92. The van der Waals surface area contributed by atoms with E-state index < -0.39 is 0 Å². The number of benzene rings is 1. The summed E-state index contributed by atoms with van der Waals surface area (Å²) in [6, 6.07) is 10.3. The summed E-state index contributed by atoms with van der Waals surface area (Å²) in [5, 5.41) is 0. The smallest absolute Gasteiger partial charge is 0.0664 e. The van der Waals surface area contributed by atoms with Crippen LogP contribution in [-0.4, -0.2) is 6.21 Å². The van der Waals surface area contributed by atoms with E-state index in [1.54, 1.807) is 0 Å². The second-order valence-corrected chi connectivity index (χ2v) is 3.73. The van der Waals surface area contributed by atoms with E-state index in [9.17, 15) is 0 Å². The highest BCUT2D eigenvalue weighted by Crippen LogP contribution is 2.24. The van der Waals surface area contributed by atoms with Gasteiger partial charge in [0.15, 0.2) is 0 Å².